The lowest BCUT2D eigenvalue weighted by Gasteiger charge is -2.43. The van der Waals surface area contributed by atoms with E-state index in [2.05, 4.69) is 24.3 Å². The molecule has 2 aliphatic rings. The van der Waals surface area contributed by atoms with Gasteiger partial charge in [0.05, 0.1) is 12.2 Å². The summed E-state index contributed by atoms with van der Waals surface area (Å²) in [6.07, 6.45) is 8.11. The predicted octanol–water partition coefficient (Wildman–Crippen LogP) is 3.66. The van der Waals surface area contributed by atoms with Gasteiger partial charge in [-0.1, -0.05) is 30.9 Å². The van der Waals surface area contributed by atoms with Crippen molar-refractivity contribution in [1.29, 1.82) is 0 Å². The molecule has 0 spiro atoms. The standard InChI is InChI=1S/C19H27ClN2O2/c1-22(2)19(7-4-3-5-8-19)9-10-21-18(23)16-13-15(20)12-14-6-11-24-17(14)16/h12-13H,3-11H2,1-2H3,(H,21,23). The number of carbonyl (C=O) groups is 1. The van der Waals surface area contributed by atoms with Crippen LogP contribution in [-0.2, 0) is 6.42 Å². The first-order valence-corrected chi connectivity index (χ1v) is 9.30. The van der Waals surface area contributed by atoms with Gasteiger partial charge >= 0.3 is 0 Å². The van der Waals surface area contributed by atoms with Crippen LogP contribution in [0.2, 0.25) is 5.02 Å². The predicted molar refractivity (Wildman–Crippen MR) is 97.1 cm³/mol. The molecule has 0 radical (unpaired) electrons. The normalized spacial score (nSPS) is 19.0. The van der Waals surface area contributed by atoms with Gasteiger partial charge in [0.1, 0.15) is 5.75 Å². The highest BCUT2D eigenvalue weighted by atomic mass is 35.5. The first-order valence-electron chi connectivity index (χ1n) is 8.93. The average Bonchev–Trinajstić information content (AvgIpc) is 3.02. The second-order valence-corrected chi connectivity index (χ2v) is 7.66. The SMILES string of the molecule is CN(C)C1(CCNC(=O)c2cc(Cl)cc3c2OCC3)CCCCC1. The molecule has 1 fully saturated rings. The van der Waals surface area contributed by atoms with E-state index < -0.39 is 0 Å². The lowest BCUT2D eigenvalue weighted by atomic mass is 9.78. The van der Waals surface area contributed by atoms with Crippen LogP contribution in [0.15, 0.2) is 12.1 Å². The summed E-state index contributed by atoms with van der Waals surface area (Å²) in [5.41, 5.74) is 1.82. The number of carbonyl (C=O) groups excluding carboxylic acids is 1. The molecule has 1 aliphatic carbocycles. The minimum Gasteiger partial charge on any atom is -0.492 e. The zero-order valence-electron chi connectivity index (χ0n) is 14.7. The van der Waals surface area contributed by atoms with Gasteiger partial charge < -0.3 is 15.0 Å². The van der Waals surface area contributed by atoms with Crippen LogP contribution in [0.1, 0.15) is 54.4 Å². The fraction of sp³-hybridized carbons (Fsp3) is 0.632. The van der Waals surface area contributed by atoms with Gasteiger partial charge in [0.2, 0.25) is 0 Å². The van der Waals surface area contributed by atoms with Crippen molar-refractivity contribution in [1.82, 2.24) is 10.2 Å². The number of rotatable bonds is 5. The summed E-state index contributed by atoms with van der Waals surface area (Å²) in [5.74, 6) is 0.622. The Hall–Kier alpha value is -1.26. The van der Waals surface area contributed by atoms with Crippen LogP contribution in [0.5, 0.6) is 5.75 Å². The van der Waals surface area contributed by atoms with E-state index in [4.69, 9.17) is 16.3 Å². The smallest absolute Gasteiger partial charge is 0.255 e. The molecule has 1 N–H and O–H groups in total. The van der Waals surface area contributed by atoms with E-state index in [0.29, 0.717) is 29.5 Å². The van der Waals surface area contributed by atoms with E-state index in [1.807, 2.05) is 6.07 Å². The topological polar surface area (TPSA) is 41.6 Å². The number of hydrogen-bond acceptors (Lipinski definition) is 3. The van der Waals surface area contributed by atoms with Crippen LogP contribution in [0.4, 0.5) is 0 Å². The Morgan fingerprint density at radius 3 is 2.75 bits per heavy atom. The molecule has 1 heterocycles. The van der Waals surface area contributed by atoms with E-state index in [-0.39, 0.29) is 11.4 Å². The number of nitrogens with zero attached hydrogens (tertiary/aromatic N) is 1. The fourth-order valence-corrected chi connectivity index (χ4v) is 4.31. The van der Waals surface area contributed by atoms with Gasteiger partial charge in [-0.25, -0.2) is 0 Å². The van der Waals surface area contributed by atoms with E-state index in [0.717, 1.165) is 18.4 Å². The Morgan fingerprint density at radius 2 is 2.04 bits per heavy atom. The summed E-state index contributed by atoms with van der Waals surface area (Å²) in [4.78, 5) is 15.0. The Balaban J connectivity index is 1.64. The molecule has 0 saturated heterocycles. The molecular formula is C19H27ClN2O2. The lowest BCUT2D eigenvalue weighted by molar-refractivity contribution is 0.0834. The third-order valence-corrected chi connectivity index (χ3v) is 5.82. The minimum atomic E-state index is -0.0830. The van der Waals surface area contributed by atoms with Crippen LogP contribution in [-0.4, -0.2) is 43.6 Å². The average molecular weight is 351 g/mol. The number of amides is 1. The molecular weight excluding hydrogens is 324 g/mol. The molecule has 1 aromatic carbocycles. The van der Waals surface area contributed by atoms with Crippen molar-refractivity contribution in [2.24, 2.45) is 0 Å². The van der Waals surface area contributed by atoms with E-state index in [1.165, 1.54) is 32.1 Å². The number of nitrogens with one attached hydrogen (secondary N) is 1. The molecule has 132 valence electrons. The van der Waals surface area contributed by atoms with Crippen molar-refractivity contribution in [2.45, 2.75) is 50.5 Å². The first kappa shape index (κ1) is 17.6. The van der Waals surface area contributed by atoms with E-state index in [9.17, 15) is 4.79 Å². The Morgan fingerprint density at radius 1 is 1.29 bits per heavy atom. The van der Waals surface area contributed by atoms with Gasteiger partial charge in [0, 0.05) is 23.5 Å². The Kier molecular flexibility index (Phi) is 5.36. The maximum absolute atomic E-state index is 12.6. The van der Waals surface area contributed by atoms with Gasteiger partial charge in [-0.05, 0) is 51.1 Å². The highest BCUT2D eigenvalue weighted by Gasteiger charge is 2.33. The molecule has 0 unspecified atom stereocenters. The Labute approximate surface area is 149 Å². The molecule has 0 aromatic heterocycles. The summed E-state index contributed by atoms with van der Waals surface area (Å²) in [6, 6.07) is 3.60. The summed E-state index contributed by atoms with van der Waals surface area (Å²) < 4.78 is 5.63. The van der Waals surface area contributed by atoms with Crippen molar-refractivity contribution in [3.8, 4) is 5.75 Å². The highest BCUT2D eigenvalue weighted by molar-refractivity contribution is 6.31. The second kappa shape index (κ2) is 7.32. The summed E-state index contributed by atoms with van der Waals surface area (Å²) in [5, 5.41) is 3.68. The number of halogens is 1. The van der Waals surface area contributed by atoms with Crippen LogP contribution in [0.25, 0.3) is 0 Å². The second-order valence-electron chi connectivity index (χ2n) is 7.23. The highest BCUT2D eigenvalue weighted by Crippen LogP contribution is 2.35. The third-order valence-electron chi connectivity index (χ3n) is 5.60. The summed E-state index contributed by atoms with van der Waals surface area (Å²) in [6.45, 7) is 1.30. The number of ether oxygens (including phenoxy) is 1. The number of fused-ring (bicyclic) bond motifs is 1. The van der Waals surface area contributed by atoms with Crippen LogP contribution < -0.4 is 10.1 Å². The first-order chi connectivity index (χ1) is 11.5. The fourth-order valence-electron chi connectivity index (χ4n) is 4.07. The Bertz CT molecular complexity index is 610. The molecule has 1 aromatic rings. The molecule has 0 atom stereocenters. The zero-order valence-corrected chi connectivity index (χ0v) is 15.4. The molecule has 1 aliphatic heterocycles. The molecule has 24 heavy (non-hydrogen) atoms. The van der Waals surface area contributed by atoms with Gasteiger partial charge in [-0.2, -0.15) is 0 Å². The van der Waals surface area contributed by atoms with Gasteiger partial charge in [-0.15, -0.1) is 0 Å². The minimum absolute atomic E-state index is 0.0830. The van der Waals surface area contributed by atoms with Crippen molar-refractivity contribution >= 4 is 17.5 Å². The van der Waals surface area contributed by atoms with Crippen molar-refractivity contribution in [3.05, 3.63) is 28.3 Å². The van der Waals surface area contributed by atoms with Crippen LogP contribution in [0.3, 0.4) is 0 Å². The van der Waals surface area contributed by atoms with Gasteiger partial charge in [0.15, 0.2) is 0 Å². The summed E-state index contributed by atoms with van der Waals surface area (Å²) in [7, 11) is 4.32. The molecule has 3 rings (SSSR count). The van der Waals surface area contributed by atoms with Crippen molar-refractivity contribution in [2.75, 3.05) is 27.2 Å². The van der Waals surface area contributed by atoms with E-state index in [1.54, 1.807) is 6.07 Å². The van der Waals surface area contributed by atoms with E-state index >= 15 is 0 Å². The van der Waals surface area contributed by atoms with Crippen LogP contribution >= 0.6 is 11.6 Å². The third kappa shape index (κ3) is 3.55. The largest absolute Gasteiger partial charge is 0.492 e. The number of hydrogen-bond donors (Lipinski definition) is 1. The molecule has 1 amide bonds. The number of benzene rings is 1. The maximum atomic E-state index is 12.6. The molecule has 1 saturated carbocycles. The molecule has 5 heteroatoms. The maximum Gasteiger partial charge on any atom is 0.255 e. The monoisotopic (exact) mass is 350 g/mol. The molecule has 4 nitrogen and oxygen atoms in total. The lowest BCUT2D eigenvalue weighted by Crippen LogP contribution is -2.48. The summed E-state index contributed by atoms with van der Waals surface area (Å²) >= 11 is 6.15. The zero-order chi connectivity index (χ0) is 17.2. The van der Waals surface area contributed by atoms with Gasteiger partial charge in [-0.3, -0.25) is 4.79 Å². The van der Waals surface area contributed by atoms with Crippen LogP contribution in [0, 0.1) is 0 Å². The van der Waals surface area contributed by atoms with Crippen molar-refractivity contribution in [3.63, 3.8) is 0 Å². The molecule has 0 bridgehead atoms. The van der Waals surface area contributed by atoms with Gasteiger partial charge in [0.25, 0.3) is 5.91 Å². The quantitative estimate of drug-likeness (QED) is 0.881. The van der Waals surface area contributed by atoms with Crippen molar-refractivity contribution < 1.29 is 9.53 Å².